The van der Waals surface area contributed by atoms with E-state index in [0.29, 0.717) is 13.0 Å². The van der Waals surface area contributed by atoms with Gasteiger partial charge in [0.05, 0.1) is 19.1 Å². The van der Waals surface area contributed by atoms with Crippen LogP contribution in [0, 0.1) is 11.3 Å². The van der Waals surface area contributed by atoms with Crippen molar-refractivity contribution in [2.45, 2.75) is 25.9 Å². The summed E-state index contributed by atoms with van der Waals surface area (Å²) in [4.78, 5) is 15.9. The van der Waals surface area contributed by atoms with Gasteiger partial charge in [-0.2, -0.15) is 5.26 Å². The van der Waals surface area contributed by atoms with Gasteiger partial charge in [-0.15, -0.1) is 0 Å². The van der Waals surface area contributed by atoms with E-state index >= 15 is 0 Å². The third-order valence-electron chi connectivity index (χ3n) is 1.56. The number of esters is 1. The Balaban J connectivity index is 2.40. The zero-order valence-electron chi connectivity index (χ0n) is 7.32. The van der Waals surface area contributed by atoms with Crippen LogP contribution < -0.4 is 0 Å². The minimum Gasteiger partial charge on any atom is -0.461 e. The van der Waals surface area contributed by atoms with Gasteiger partial charge in [0, 0.05) is 6.42 Å². The third kappa shape index (κ3) is 2.44. The summed E-state index contributed by atoms with van der Waals surface area (Å²) >= 11 is 0. The number of nitriles is 1. The summed E-state index contributed by atoms with van der Waals surface area (Å²) < 4.78 is 4.72. The molecule has 0 aromatic heterocycles. The van der Waals surface area contributed by atoms with Crippen molar-refractivity contribution < 1.29 is 14.4 Å². The van der Waals surface area contributed by atoms with E-state index in [1.165, 1.54) is 0 Å². The first kappa shape index (κ1) is 9.52. The molecule has 70 valence electrons. The van der Waals surface area contributed by atoms with E-state index in [1.54, 1.807) is 6.92 Å². The number of oxime groups is 1. The monoisotopic (exact) mass is 182 g/mol. The SMILES string of the molecule is CCOC(=O)C1=NO[C@H](CC#N)C1. The molecule has 1 aliphatic heterocycles. The second-order valence-electron chi connectivity index (χ2n) is 2.55. The third-order valence-corrected chi connectivity index (χ3v) is 1.56. The molecule has 0 fully saturated rings. The number of carbonyl (C=O) groups excluding carboxylic acids is 1. The van der Waals surface area contributed by atoms with Gasteiger partial charge in [-0.3, -0.25) is 0 Å². The summed E-state index contributed by atoms with van der Waals surface area (Å²) in [5.74, 6) is -0.456. The molecule has 0 aromatic rings. The van der Waals surface area contributed by atoms with Gasteiger partial charge < -0.3 is 9.57 Å². The lowest BCUT2D eigenvalue weighted by Gasteiger charge is -2.00. The van der Waals surface area contributed by atoms with Gasteiger partial charge in [0.15, 0.2) is 5.71 Å². The fourth-order valence-electron chi connectivity index (χ4n) is 0.975. The van der Waals surface area contributed by atoms with Crippen LogP contribution in [0.3, 0.4) is 0 Å². The molecule has 1 atom stereocenters. The van der Waals surface area contributed by atoms with Crippen molar-refractivity contribution in [2.75, 3.05) is 6.61 Å². The first-order valence-corrected chi connectivity index (χ1v) is 4.04. The van der Waals surface area contributed by atoms with Crippen molar-refractivity contribution in [1.82, 2.24) is 0 Å². The van der Waals surface area contributed by atoms with E-state index in [-0.39, 0.29) is 18.2 Å². The van der Waals surface area contributed by atoms with Gasteiger partial charge in [-0.1, -0.05) is 5.16 Å². The Kier molecular flexibility index (Phi) is 3.26. The molecule has 0 aliphatic carbocycles. The van der Waals surface area contributed by atoms with Crippen LogP contribution in [0.15, 0.2) is 5.16 Å². The molecule has 0 saturated carbocycles. The van der Waals surface area contributed by atoms with Crippen LogP contribution in [0.25, 0.3) is 0 Å². The fourth-order valence-corrected chi connectivity index (χ4v) is 0.975. The fraction of sp³-hybridized carbons (Fsp3) is 0.625. The van der Waals surface area contributed by atoms with Gasteiger partial charge in [-0.05, 0) is 6.92 Å². The molecule has 0 unspecified atom stereocenters. The number of hydrogen-bond acceptors (Lipinski definition) is 5. The van der Waals surface area contributed by atoms with Crippen molar-refractivity contribution >= 4 is 11.7 Å². The maximum Gasteiger partial charge on any atom is 0.356 e. The summed E-state index contributed by atoms with van der Waals surface area (Å²) in [5, 5.41) is 11.9. The number of nitrogens with zero attached hydrogens (tertiary/aromatic N) is 2. The van der Waals surface area contributed by atoms with Gasteiger partial charge >= 0.3 is 5.97 Å². The normalized spacial score (nSPS) is 20.0. The predicted molar refractivity (Wildman–Crippen MR) is 43.8 cm³/mol. The largest absolute Gasteiger partial charge is 0.461 e. The minimum absolute atomic E-state index is 0.242. The Morgan fingerprint density at radius 3 is 3.31 bits per heavy atom. The Hall–Kier alpha value is -1.57. The van der Waals surface area contributed by atoms with Crippen LogP contribution in [0.2, 0.25) is 0 Å². The Morgan fingerprint density at radius 2 is 2.69 bits per heavy atom. The van der Waals surface area contributed by atoms with Crippen LogP contribution in [0.5, 0.6) is 0 Å². The van der Waals surface area contributed by atoms with Crippen molar-refractivity contribution in [2.24, 2.45) is 5.16 Å². The maximum absolute atomic E-state index is 11.1. The van der Waals surface area contributed by atoms with Gasteiger partial charge in [0.2, 0.25) is 0 Å². The standard InChI is InChI=1S/C8H10N2O3/c1-2-12-8(11)7-5-6(3-4-9)13-10-7/h6H,2-3,5H2,1H3/t6-/m1/s1. The highest BCUT2D eigenvalue weighted by Gasteiger charge is 2.26. The predicted octanol–water partition coefficient (Wildman–Crippen LogP) is 0.608. The second-order valence-corrected chi connectivity index (χ2v) is 2.55. The minimum atomic E-state index is -0.456. The van der Waals surface area contributed by atoms with Crippen LogP contribution in [-0.4, -0.2) is 24.4 Å². The van der Waals surface area contributed by atoms with Gasteiger partial charge in [0.1, 0.15) is 6.10 Å². The average Bonchev–Trinajstić information content (AvgIpc) is 2.54. The lowest BCUT2D eigenvalue weighted by Crippen LogP contribution is -2.17. The Labute approximate surface area is 75.9 Å². The molecule has 1 rings (SSSR count). The van der Waals surface area contributed by atoms with Gasteiger partial charge in [-0.25, -0.2) is 4.79 Å². The van der Waals surface area contributed by atoms with E-state index in [4.69, 9.17) is 14.8 Å². The Bertz CT molecular complexity index is 267. The molecule has 0 radical (unpaired) electrons. The van der Waals surface area contributed by atoms with Crippen molar-refractivity contribution in [3.8, 4) is 6.07 Å². The lowest BCUT2D eigenvalue weighted by atomic mass is 10.1. The molecule has 1 heterocycles. The molecular formula is C8H10N2O3. The van der Waals surface area contributed by atoms with E-state index in [0.717, 1.165) is 0 Å². The number of carbonyl (C=O) groups is 1. The summed E-state index contributed by atoms with van der Waals surface area (Å²) in [7, 11) is 0. The van der Waals surface area contributed by atoms with Crippen molar-refractivity contribution in [3.05, 3.63) is 0 Å². The summed E-state index contributed by atoms with van der Waals surface area (Å²) in [6, 6.07) is 1.95. The number of hydrogen-bond donors (Lipinski definition) is 0. The zero-order valence-corrected chi connectivity index (χ0v) is 7.32. The molecule has 5 nitrogen and oxygen atoms in total. The van der Waals surface area contributed by atoms with Crippen LogP contribution in [-0.2, 0) is 14.4 Å². The highest BCUT2D eigenvalue weighted by molar-refractivity contribution is 6.36. The molecule has 0 aromatic carbocycles. The quantitative estimate of drug-likeness (QED) is 0.599. The molecule has 5 heteroatoms. The number of rotatable bonds is 3. The molecule has 0 bridgehead atoms. The van der Waals surface area contributed by atoms with E-state index in [2.05, 4.69) is 5.16 Å². The average molecular weight is 182 g/mol. The molecule has 0 amide bonds. The van der Waals surface area contributed by atoms with E-state index < -0.39 is 5.97 Å². The first-order valence-electron chi connectivity index (χ1n) is 4.04. The summed E-state index contributed by atoms with van der Waals surface area (Å²) in [5.41, 5.74) is 0.266. The van der Waals surface area contributed by atoms with Crippen LogP contribution in [0.4, 0.5) is 0 Å². The second kappa shape index (κ2) is 4.45. The molecule has 13 heavy (non-hydrogen) atoms. The highest BCUT2D eigenvalue weighted by atomic mass is 16.6. The first-order chi connectivity index (χ1) is 6.27. The summed E-state index contributed by atoms with van der Waals surface area (Å²) in [6.07, 6.45) is 0.322. The Morgan fingerprint density at radius 1 is 1.92 bits per heavy atom. The molecule has 0 saturated heterocycles. The van der Waals surface area contributed by atoms with Crippen molar-refractivity contribution in [3.63, 3.8) is 0 Å². The van der Waals surface area contributed by atoms with Gasteiger partial charge in [0.25, 0.3) is 0 Å². The molecule has 0 N–H and O–H groups in total. The van der Waals surface area contributed by atoms with E-state index in [1.807, 2.05) is 6.07 Å². The van der Waals surface area contributed by atoms with E-state index in [9.17, 15) is 4.79 Å². The molecular weight excluding hydrogens is 172 g/mol. The van der Waals surface area contributed by atoms with Crippen LogP contribution >= 0.6 is 0 Å². The molecule has 0 spiro atoms. The smallest absolute Gasteiger partial charge is 0.356 e. The lowest BCUT2D eigenvalue weighted by molar-refractivity contribution is -0.135. The summed E-state index contributed by atoms with van der Waals surface area (Å²) in [6.45, 7) is 2.04. The highest BCUT2D eigenvalue weighted by Crippen LogP contribution is 2.13. The molecule has 1 aliphatic rings. The zero-order chi connectivity index (χ0) is 9.68. The maximum atomic E-state index is 11.1. The van der Waals surface area contributed by atoms with Crippen LogP contribution in [0.1, 0.15) is 19.8 Å². The topological polar surface area (TPSA) is 71.7 Å². The number of ether oxygens (including phenoxy) is 1. The van der Waals surface area contributed by atoms with Crippen molar-refractivity contribution in [1.29, 1.82) is 5.26 Å².